The maximum Gasteiger partial charge on any atom is 0.339 e. The number of pyridine rings is 1. The average Bonchev–Trinajstić information content (AvgIpc) is 3.01. The summed E-state index contributed by atoms with van der Waals surface area (Å²) in [5, 5.41) is 2.28. The molecule has 0 radical (unpaired) electrons. The van der Waals surface area contributed by atoms with Crippen LogP contribution in [0.1, 0.15) is 23.7 Å². The summed E-state index contributed by atoms with van der Waals surface area (Å²) in [4.78, 5) is 31.9. The third kappa shape index (κ3) is 4.81. The minimum absolute atomic E-state index is 0.277. The summed E-state index contributed by atoms with van der Waals surface area (Å²) in [5.74, 6) is -4.19. The van der Waals surface area contributed by atoms with E-state index in [2.05, 4.69) is 10.3 Å². The SMILES string of the molecule is CCOC(=O)c1ccc(N2CCCN(C(=O)Nc3ccc(F)c(F)c3F)CC2)nc1. The number of hydrogen-bond acceptors (Lipinski definition) is 5. The Bertz CT molecular complexity index is 924. The van der Waals surface area contributed by atoms with Gasteiger partial charge in [-0.3, -0.25) is 0 Å². The van der Waals surface area contributed by atoms with Crippen LogP contribution in [0.25, 0.3) is 0 Å². The van der Waals surface area contributed by atoms with Crippen molar-refractivity contribution in [3.05, 3.63) is 53.5 Å². The van der Waals surface area contributed by atoms with Gasteiger partial charge >= 0.3 is 12.0 Å². The Morgan fingerprint density at radius 2 is 1.87 bits per heavy atom. The number of nitrogens with one attached hydrogen (secondary N) is 1. The first-order valence-electron chi connectivity index (χ1n) is 9.48. The number of halogens is 3. The third-order valence-corrected chi connectivity index (χ3v) is 4.64. The van der Waals surface area contributed by atoms with E-state index in [1.165, 1.54) is 11.1 Å². The van der Waals surface area contributed by atoms with Crippen molar-refractivity contribution < 1.29 is 27.5 Å². The molecule has 0 spiro atoms. The molecule has 160 valence electrons. The summed E-state index contributed by atoms with van der Waals surface area (Å²) in [6, 6.07) is 4.46. The van der Waals surface area contributed by atoms with Gasteiger partial charge in [-0.15, -0.1) is 0 Å². The fraction of sp³-hybridized carbons (Fsp3) is 0.350. The van der Waals surface area contributed by atoms with Gasteiger partial charge in [0.05, 0.1) is 17.9 Å². The van der Waals surface area contributed by atoms with Crippen molar-refractivity contribution in [2.24, 2.45) is 0 Å². The molecule has 1 fully saturated rings. The molecule has 1 aliphatic rings. The molecule has 1 aliphatic heterocycles. The number of urea groups is 1. The molecule has 0 saturated carbocycles. The summed E-state index contributed by atoms with van der Waals surface area (Å²) < 4.78 is 45.1. The Labute approximate surface area is 171 Å². The van der Waals surface area contributed by atoms with E-state index >= 15 is 0 Å². The molecule has 2 heterocycles. The van der Waals surface area contributed by atoms with Gasteiger partial charge in [0, 0.05) is 32.4 Å². The van der Waals surface area contributed by atoms with Crippen LogP contribution in [-0.2, 0) is 4.74 Å². The quantitative estimate of drug-likeness (QED) is 0.604. The van der Waals surface area contributed by atoms with Crippen LogP contribution in [0.5, 0.6) is 0 Å². The molecule has 1 aromatic carbocycles. The molecule has 10 heteroatoms. The number of benzene rings is 1. The van der Waals surface area contributed by atoms with E-state index in [-0.39, 0.29) is 6.61 Å². The van der Waals surface area contributed by atoms with Gasteiger partial charge in [-0.05, 0) is 37.6 Å². The molecule has 0 unspecified atom stereocenters. The average molecular weight is 422 g/mol. The number of hydrogen-bond donors (Lipinski definition) is 1. The molecule has 3 rings (SSSR count). The molecule has 2 aromatic rings. The lowest BCUT2D eigenvalue weighted by atomic mass is 10.2. The molecular formula is C20H21F3N4O3. The van der Waals surface area contributed by atoms with Crippen LogP contribution in [-0.4, -0.2) is 54.7 Å². The molecule has 0 aliphatic carbocycles. The van der Waals surface area contributed by atoms with Crippen LogP contribution < -0.4 is 10.2 Å². The number of nitrogens with zero attached hydrogens (tertiary/aromatic N) is 3. The topological polar surface area (TPSA) is 74.8 Å². The van der Waals surface area contributed by atoms with E-state index in [1.807, 2.05) is 4.90 Å². The first-order chi connectivity index (χ1) is 14.4. The number of aromatic nitrogens is 1. The van der Waals surface area contributed by atoms with Crippen molar-refractivity contribution in [1.29, 1.82) is 0 Å². The predicted octanol–water partition coefficient (Wildman–Crippen LogP) is 3.42. The molecular weight excluding hydrogens is 401 g/mol. The molecule has 1 aromatic heterocycles. The van der Waals surface area contributed by atoms with Gasteiger partial charge < -0.3 is 19.9 Å². The van der Waals surface area contributed by atoms with Crippen LogP contribution in [0.2, 0.25) is 0 Å². The minimum atomic E-state index is -1.63. The monoisotopic (exact) mass is 422 g/mol. The number of esters is 1. The number of carbonyl (C=O) groups is 2. The molecule has 1 N–H and O–H groups in total. The lowest BCUT2D eigenvalue weighted by Crippen LogP contribution is -2.38. The second kappa shape index (κ2) is 9.47. The Balaban J connectivity index is 1.61. The summed E-state index contributed by atoms with van der Waals surface area (Å²) in [7, 11) is 0. The molecule has 0 bridgehead atoms. The zero-order chi connectivity index (χ0) is 21.7. The molecule has 7 nitrogen and oxygen atoms in total. The van der Waals surface area contributed by atoms with Crippen LogP contribution in [0, 0.1) is 17.5 Å². The predicted molar refractivity (Wildman–Crippen MR) is 104 cm³/mol. The molecule has 30 heavy (non-hydrogen) atoms. The maximum atomic E-state index is 13.8. The van der Waals surface area contributed by atoms with Crippen LogP contribution in [0.4, 0.5) is 29.5 Å². The fourth-order valence-corrected chi connectivity index (χ4v) is 3.07. The zero-order valence-electron chi connectivity index (χ0n) is 16.3. The van der Waals surface area contributed by atoms with Crippen molar-refractivity contribution in [1.82, 2.24) is 9.88 Å². The van der Waals surface area contributed by atoms with Gasteiger partial charge in [-0.1, -0.05) is 0 Å². The molecule has 2 amide bonds. The number of rotatable bonds is 4. The number of amides is 2. The first-order valence-corrected chi connectivity index (χ1v) is 9.48. The highest BCUT2D eigenvalue weighted by molar-refractivity contribution is 5.90. The lowest BCUT2D eigenvalue weighted by molar-refractivity contribution is 0.0526. The highest BCUT2D eigenvalue weighted by atomic mass is 19.2. The van der Waals surface area contributed by atoms with Gasteiger partial charge in [-0.2, -0.15) is 0 Å². The second-order valence-corrected chi connectivity index (χ2v) is 6.61. The third-order valence-electron chi connectivity index (χ3n) is 4.64. The van der Waals surface area contributed by atoms with Crippen LogP contribution in [0.3, 0.4) is 0 Å². The van der Waals surface area contributed by atoms with E-state index in [1.54, 1.807) is 19.1 Å². The molecule has 0 atom stereocenters. The van der Waals surface area contributed by atoms with Crippen molar-refractivity contribution >= 4 is 23.5 Å². The number of anilines is 2. The normalized spacial score (nSPS) is 14.3. The summed E-state index contributed by atoms with van der Waals surface area (Å²) >= 11 is 0. The number of ether oxygens (including phenoxy) is 1. The lowest BCUT2D eigenvalue weighted by Gasteiger charge is -2.23. The Morgan fingerprint density at radius 3 is 2.57 bits per heavy atom. The summed E-state index contributed by atoms with van der Waals surface area (Å²) in [5.41, 5.74) is -0.0683. The van der Waals surface area contributed by atoms with Gasteiger partial charge in [0.2, 0.25) is 0 Å². The number of carbonyl (C=O) groups excluding carboxylic acids is 2. The second-order valence-electron chi connectivity index (χ2n) is 6.61. The van der Waals surface area contributed by atoms with Crippen molar-refractivity contribution in [3.63, 3.8) is 0 Å². The van der Waals surface area contributed by atoms with Gasteiger partial charge in [-0.25, -0.2) is 27.7 Å². The van der Waals surface area contributed by atoms with E-state index < -0.39 is 35.1 Å². The largest absolute Gasteiger partial charge is 0.462 e. The Hall–Kier alpha value is -3.30. The van der Waals surface area contributed by atoms with Crippen LogP contribution in [0.15, 0.2) is 30.5 Å². The van der Waals surface area contributed by atoms with Crippen molar-refractivity contribution in [2.75, 3.05) is 43.0 Å². The maximum absolute atomic E-state index is 13.8. The van der Waals surface area contributed by atoms with Gasteiger partial charge in [0.1, 0.15) is 5.82 Å². The molecule has 1 saturated heterocycles. The standard InChI is InChI=1S/C20H21F3N4O3/c1-2-30-19(28)13-4-7-16(24-12-13)26-8-3-9-27(11-10-26)20(29)25-15-6-5-14(21)17(22)18(15)23/h4-7,12H,2-3,8-11H2,1H3,(H,25,29). The van der Waals surface area contributed by atoms with E-state index in [0.29, 0.717) is 44.0 Å². The highest BCUT2D eigenvalue weighted by Crippen LogP contribution is 2.21. The van der Waals surface area contributed by atoms with Crippen molar-refractivity contribution in [2.45, 2.75) is 13.3 Å². The van der Waals surface area contributed by atoms with Gasteiger partial charge in [0.15, 0.2) is 17.5 Å². The Kier molecular flexibility index (Phi) is 6.76. The van der Waals surface area contributed by atoms with E-state index in [9.17, 15) is 22.8 Å². The summed E-state index contributed by atoms with van der Waals surface area (Å²) in [6.45, 7) is 3.79. The van der Waals surface area contributed by atoms with Crippen molar-refractivity contribution in [3.8, 4) is 0 Å². The zero-order valence-corrected chi connectivity index (χ0v) is 16.3. The minimum Gasteiger partial charge on any atom is -0.462 e. The van der Waals surface area contributed by atoms with E-state index in [4.69, 9.17) is 4.74 Å². The first kappa shape index (κ1) is 21.4. The smallest absolute Gasteiger partial charge is 0.339 e. The van der Waals surface area contributed by atoms with E-state index in [0.717, 1.165) is 12.1 Å². The van der Waals surface area contributed by atoms with Crippen LogP contribution >= 0.6 is 0 Å². The Morgan fingerprint density at radius 1 is 1.07 bits per heavy atom. The highest BCUT2D eigenvalue weighted by Gasteiger charge is 2.22. The fourth-order valence-electron chi connectivity index (χ4n) is 3.07. The van der Waals surface area contributed by atoms with Gasteiger partial charge in [0.25, 0.3) is 0 Å². The summed E-state index contributed by atoms with van der Waals surface area (Å²) in [6.07, 6.45) is 2.06.